The van der Waals surface area contributed by atoms with Crippen LogP contribution in [0.4, 0.5) is 0 Å². The standard InChI is InChI=1S/C14H16BrN3O/c1-17(10-14-16-6-7-18(14)2)9-13(19)11-4-3-5-12(15)8-11/h3-8H,9-10H2,1-2H3. The zero-order valence-corrected chi connectivity index (χ0v) is 12.6. The number of carbonyl (C=O) groups excluding carboxylic acids is 1. The molecule has 2 aromatic rings. The third-order valence-electron chi connectivity index (χ3n) is 2.89. The van der Waals surface area contributed by atoms with Gasteiger partial charge in [0.1, 0.15) is 5.82 Å². The SMILES string of the molecule is CN(CC(=O)c1cccc(Br)c1)Cc1nccn1C. The number of carbonyl (C=O) groups is 1. The number of imidazole rings is 1. The van der Waals surface area contributed by atoms with Gasteiger partial charge in [0.25, 0.3) is 0 Å². The van der Waals surface area contributed by atoms with Gasteiger partial charge in [-0.2, -0.15) is 0 Å². The molecule has 0 fully saturated rings. The van der Waals surface area contributed by atoms with Crippen molar-refractivity contribution in [2.75, 3.05) is 13.6 Å². The third kappa shape index (κ3) is 3.75. The van der Waals surface area contributed by atoms with Gasteiger partial charge < -0.3 is 4.57 Å². The van der Waals surface area contributed by atoms with Crippen LogP contribution in [0.5, 0.6) is 0 Å². The maximum Gasteiger partial charge on any atom is 0.176 e. The fourth-order valence-corrected chi connectivity index (χ4v) is 2.24. The molecule has 1 heterocycles. The van der Waals surface area contributed by atoms with Crippen LogP contribution in [0.1, 0.15) is 16.2 Å². The number of halogens is 1. The van der Waals surface area contributed by atoms with Gasteiger partial charge in [0.05, 0.1) is 13.1 Å². The van der Waals surface area contributed by atoms with Crippen molar-refractivity contribution in [3.63, 3.8) is 0 Å². The number of ketones is 1. The second kappa shape index (κ2) is 6.12. The van der Waals surface area contributed by atoms with Crippen molar-refractivity contribution in [3.8, 4) is 0 Å². The number of Topliss-reactive ketones (excluding diaryl/α,β-unsaturated/α-hetero) is 1. The predicted molar refractivity (Wildman–Crippen MR) is 78.0 cm³/mol. The first-order chi connectivity index (χ1) is 9.06. The molecule has 1 aromatic carbocycles. The van der Waals surface area contributed by atoms with Crippen molar-refractivity contribution in [3.05, 3.63) is 52.5 Å². The van der Waals surface area contributed by atoms with Crippen LogP contribution in [0.2, 0.25) is 0 Å². The van der Waals surface area contributed by atoms with Gasteiger partial charge in [-0.25, -0.2) is 4.98 Å². The summed E-state index contributed by atoms with van der Waals surface area (Å²) in [5.41, 5.74) is 0.723. The summed E-state index contributed by atoms with van der Waals surface area (Å²) in [6, 6.07) is 7.46. The highest BCUT2D eigenvalue weighted by atomic mass is 79.9. The highest BCUT2D eigenvalue weighted by molar-refractivity contribution is 9.10. The minimum Gasteiger partial charge on any atom is -0.337 e. The largest absolute Gasteiger partial charge is 0.337 e. The molecule has 0 atom stereocenters. The van der Waals surface area contributed by atoms with Crippen LogP contribution in [-0.4, -0.2) is 33.8 Å². The number of hydrogen-bond acceptors (Lipinski definition) is 3. The molecule has 100 valence electrons. The van der Waals surface area contributed by atoms with Gasteiger partial charge in [0.15, 0.2) is 5.78 Å². The Morgan fingerprint density at radius 3 is 2.89 bits per heavy atom. The predicted octanol–water partition coefficient (Wildman–Crippen LogP) is 2.50. The molecule has 0 N–H and O–H groups in total. The number of benzene rings is 1. The Morgan fingerprint density at radius 1 is 1.47 bits per heavy atom. The minimum absolute atomic E-state index is 0.109. The number of aromatic nitrogens is 2. The lowest BCUT2D eigenvalue weighted by molar-refractivity contribution is 0.0941. The average Bonchev–Trinajstić information content (AvgIpc) is 2.75. The fraction of sp³-hybridized carbons (Fsp3) is 0.286. The van der Waals surface area contributed by atoms with E-state index in [1.807, 2.05) is 54.0 Å². The third-order valence-corrected chi connectivity index (χ3v) is 3.39. The minimum atomic E-state index is 0.109. The number of aryl methyl sites for hydroxylation is 1. The van der Waals surface area contributed by atoms with Gasteiger partial charge in [-0.05, 0) is 19.2 Å². The van der Waals surface area contributed by atoms with E-state index in [2.05, 4.69) is 20.9 Å². The lowest BCUT2D eigenvalue weighted by Gasteiger charge is -2.15. The molecule has 5 heteroatoms. The normalized spacial score (nSPS) is 10.9. The van der Waals surface area contributed by atoms with E-state index in [0.717, 1.165) is 15.9 Å². The molecule has 0 spiro atoms. The van der Waals surface area contributed by atoms with E-state index in [1.54, 1.807) is 6.20 Å². The Balaban J connectivity index is 1.97. The van der Waals surface area contributed by atoms with Crippen molar-refractivity contribution >= 4 is 21.7 Å². The summed E-state index contributed by atoms with van der Waals surface area (Å²) in [5.74, 6) is 1.06. The average molecular weight is 322 g/mol. The molecule has 19 heavy (non-hydrogen) atoms. The zero-order chi connectivity index (χ0) is 13.8. The molecule has 0 radical (unpaired) electrons. The molecule has 0 bridgehead atoms. The van der Waals surface area contributed by atoms with Crippen LogP contribution >= 0.6 is 15.9 Å². The molecule has 0 unspecified atom stereocenters. The van der Waals surface area contributed by atoms with Gasteiger partial charge in [0.2, 0.25) is 0 Å². The summed E-state index contributed by atoms with van der Waals surface area (Å²) < 4.78 is 2.88. The maximum absolute atomic E-state index is 12.1. The van der Waals surface area contributed by atoms with Crippen molar-refractivity contribution in [2.24, 2.45) is 7.05 Å². The molecular formula is C14H16BrN3O. The summed E-state index contributed by atoms with van der Waals surface area (Å²) in [4.78, 5) is 18.3. The molecule has 0 amide bonds. The number of nitrogens with zero attached hydrogens (tertiary/aromatic N) is 3. The van der Waals surface area contributed by atoms with E-state index < -0.39 is 0 Å². The summed E-state index contributed by atoms with van der Waals surface area (Å²) >= 11 is 3.38. The Labute approximate surface area is 121 Å². The lowest BCUT2D eigenvalue weighted by Crippen LogP contribution is -2.26. The first-order valence-electron chi connectivity index (χ1n) is 6.00. The smallest absolute Gasteiger partial charge is 0.176 e. The van der Waals surface area contributed by atoms with E-state index in [1.165, 1.54) is 0 Å². The first kappa shape index (κ1) is 14.0. The summed E-state index contributed by atoms with van der Waals surface area (Å²) in [6.07, 6.45) is 3.67. The van der Waals surface area contributed by atoms with Gasteiger partial charge >= 0.3 is 0 Å². The van der Waals surface area contributed by atoms with E-state index in [0.29, 0.717) is 13.1 Å². The molecule has 0 aliphatic rings. The van der Waals surface area contributed by atoms with E-state index in [-0.39, 0.29) is 5.78 Å². The van der Waals surface area contributed by atoms with E-state index in [9.17, 15) is 4.79 Å². The summed E-state index contributed by atoms with van der Waals surface area (Å²) in [7, 11) is 3.87. The van der Waals surface area contributed by atoms with E-state index >= 15 is 0 Å². The monoisotopic (exact) mass is 321 g/mol. The Hall–Kier alpha value is -1.46. The molecular weight excluding hydrogens is 306 g/mol. The van der Waals surface area contributed by atoms with Crippen molar-refractivity contribution in [1.29, 1.82) is 0 Å². The summed E-state index contributed by atoms with van der Waals surface area (Å²) in [5, 5.41) is 0. The first-order valence-corrected chi connectivity index (χ1v) is 6.79. The van der Waals surface area contributed by atoms with Crippen LogP contribution in [0.15, 0.2) is 41.1 Å². The highest BCUT2D eigenvalue weighted by Crippen LogP contribution is 2.12. The van der Waals surface area contributed by atoms with Crippen molar-refractivity contribution < 1.29 is 4.79 Å². The Morgan fingerprint density at radius 2 is 2.26 bits per heavy atom. The maximum atomic E-state index is 12.1. The number of hydrogen-bond donors (Lipinski definition) is 0. The van der Waals surface area contributed by atoms with Crippen LogP contribution in [0, 0.1) is 0 Å². The zero-order valence-electron chi connectivity index (χ0n) is 11.0. The second-order valence-electron chi connectivity index (χ2n) is 4.56. The van der Waals surface area contributed by atoms with Crippen molar-refractivity contribution in [1.82, 2.24) is 14.5 Å². The molecule has 0 saturated heterocycles. The molecule has 1 aromatic heterocycles. The molecule has 2 rings (SSSR count). The van der Waals surface area contributed by atoms with Gasteiger partial charge in [0, 0.05) is 29.5 Å². The van der Waals surface area contributed by atoms with Gasteiger partial charge in [-0.15, -0.1) is 0 Å². The molecule has 0 aliphatic heterocycles. The van der Waals surface area contributed by atoms with E-state index in [4.69, 9.17) is 0 Å². The quantitative estimate of drug-likeness (QED) is 0.794. The van der Waals surface area contributed by atoms with Crippen LogP contribution in [0.3, 0.4) is 0 Å². The topological polar surface area (TPSA) is 38.1 Å². The Bertz CT molecular complexity index is 580. The lowest BCUT2D eigenvalue weighted by atomic mass is 10.1. The fourth-order valence-electron chi connectivity index (χ4n) is 1.84. The summed E-state index contributed by atoms with van der Waals surface area (Å²) in [6.45, 7) is 1.03. The van der Waals surface area contributed by atoms with Crippen LogP contribution in [0.25, 0.3) is 0 Å². The van der Waals surface area contributed by atoms with Gasteiger partial charge in [-0.3, -0.25) is 9.69 Å². The highest BCUT2D eigenvalue weighted by Gasteiger charge is 2.11. The Kier molecular flexibility index (Phi) is 4.50. The second-order valence-corrected chi connectivity index (χ2v) is 5.48. The molecule has 0 aliphatic carbocycles. The van der Waals surface area contributed by atoms with Crippen molar-refractivity contribution in [2.45, 2.75) is 6.54 Å². The number of likely N-dealkylation sites (N-methyl/N-ethyl adjacent to an activating group) is 1. The molecule has 0 saturated carbocycles. The van der Waals surface area contributed by atoms with Crippen LogP contribution in [-0.2, 0) is 13.6 Å². The number of rotatable bonds is 5. The van der Waals surface area contributed by atoms with Gasteiger partial charge in [-0.1, -0.05) is 28.1 Å². The van der Waals surface area contributed by atoms with Crippen LogP contribution < -0.4 is 0 Å². The molecule has 4 nitrogen and oxygen atoms in total.